The van der Waals surface area contributed by atoms with Crippen LogP contribution in [0.25, 0.3) is 21.9 Å². The van der Waals surface area contributed by atoms with Crippen LogP contribution in [0, 0.1) is 5.92 Å². The molecule has 4 aliphatic heterocycles. The Hall–Kier alpha value is -5.61. The molecule has 8 heterocycles. The van der Waals surface area contributed by atoms with Gasteiger partial charge in [-0.25, -0.2) is 9.97 Å². The number of carbonyl (C=O) groups is 3. The number of rotatable bonds is 10. The molecule has 9 rings (SSSR count). The van der Waals surface area contributed by atoms with Crippen molar-refractivity contribution in [3.8, 4) is 5.75 Å². The summed E-state index contributed by atoms with van der Waals surface area (Å²) in [6.07, 6.45) is 10.8. The molecule has 308 valence electrons. The van der Waals surface area contributed by atoms with Crippen LogP contribution >= 0.6 is 11.6 Å². The number of nitrogens with one attached hydrogen (secondary N) is 3. The third kappa shape index (κ3) is 7.48. The molecule has 3 N–H and O–H groups in total. The summed E-state index contributed by atoms with van der Waals surface area (Å²) in [6, 6.07) is 10.9. The zero-order valence-corrected chi connectivity index (χ0v) is 34.2. The lowest BCUT2D eigenvalue weighted by Crippen LogP contribution is -2.47. The second-order valence-corrected chi connectivity index (χ2v) is 16.8. The van der Waals surface area contributed by atoms with E-state index in [1.807, 2.05) is 17.8 Å². The van der Waals surface area contributed by atoms with Crippen LogP contribution in [-0.4, -0.2) is 97.3 Å². The molecule has 0 radical (unpaired) electrons. The molecule has 0 saturated carbocycles. The van der Waals surface area contributed by atoms with Crippen molar-refractivity contribution in [2.24, 2.45) is 20.0 Å². The van der Waals surface area contributed by atoms with Gasteiger partial charge in [-0.2, -0.15) is 10.1 Å². The maximum atomic E-state index is 12.8. The summed E-state index contributed by atoms with van der Waals surface area (Å²) >= 11 is 6.59. The van der Waals surface area contributed by atoms with Crippen molar-refractivity contribution >= 4 is 68.7 Å². The number of likely N-dealkylation sites (N-methyl/N-ethyl adjacent to an activating group) is 1. The number of benzene rings is 1. The minimum atomic E-state index is -0.409. The number of ether oxygens (including phenoxy) is 1. The first-order valence-corrected chi connectivity index (χ1v) is 20.8. The molecule has 17 heteroatoms. The molecule has 59 heavy (non-hydrogen) atoms. The highest BCUT2D eigenvalue weighted by Crippen LogP contribution is 2.46. The molecule has 4 aliphatic rings. The minimum absolute atomic E-state index is 0.0486. The van der Waals surface area contributed by atoms with Crippen LogP contribution < -0.4 is 31.1 Å². The van der Waals surface area contributed by atoms with Gasteiger partial charge in [-0.05, 0) is 74.5 Å². The molecule has 3 amide bonds. The van der Waals surface area contributed by atoms with Crippen LogP contribution in [0.3, 0.4) is 0 Å². The van der Waals surface area contributed by atoms with Crippen molar-refractivity contribution in [3.63, 3.8) is 0 Å². The third-order valence-electron chi connectivity index (χ3n) is 12.8. The van der Waals surface area contributed by atoms with Crippen LogP contribution in [0.5, 0.6) is 5.75 Å². The van der Waals surface area contributed by atoms with Crippen LogP contribution in [0.15, 0.2) is 47.5 Å². The first-order chi connectivity index (χ1) is 28.5. The number of para-hydroxylation sites is 1. The van der Waals surface area contributed by atoms with Crippen LogP contribution in [-0.2, 0) is 28.5 Å². The van der Waals surface area contributed by atoms with Crippen LogP contribution in [0.4, 0.5) is 17.5 Å². The highest BCUT2D eigenvalue weighted by molar-refractivity contribution is 6.33. The molecule has 2 bridgehead atoms. The van der Waals surface area contributed by atoms with Gasteiger partial charge in [0.2, 0.25) is 17.8 Å². The number of aromatic nitrogens is 6. The van der Waals surface area contributed by atoms with E-state index in [-0.39, 0.29) is 30.1 Å². The van der Waals surface area contributed by atoms with Gasteiger partial charge in [-0.15, -0.1) is 0 Å². The number of nitrogens with zero attached hydrogens (tertiary/aromatic N) is 8. The smallest absolute Gasteiger partial charge is 0.294 e. The largest absolute Gasteiger partial charge is 0.478 e. The van der Waals surface area contributed by atoms with Gasteiger partial charge < -0.3 is 20.3 Å². The lowest BCUT2D eigenvalue weighted by Gasteiger charge is -2.42. The highest BCUT2D eigenvalue weighted by Gasteiger charge is 2.43. The summed E-state index contributed by atoms with van der Waals surface area (Å²) in [5, 5.41) is 15.2. The predicted molar refractivity (Wildman–Crippen MR) is 223 cm³/mol. The molecule has 16 nitrogen and oxygen atoms in total. The van der Waals surface area contributed by atoms with Gasteiger partial charge in [0.15, 0.2) is 18.2 Å². The molecular weight excluding hydrogens is 774 g/mol. The zero-order valence-electron chi connectivity index (χ0n) is 33.4. The van der Waals surface area contributed by atoms with Crippen LogP contribution in [0.2, 0.25) is 5.02 Å². The number of piperidine rings is 3. The fourth-order valence-corrected chi connectivity index (χ4v) is 9.96. The monoisotopic (exact) mass is 821 g/mol. The number of fused-ring (bicyclic) bond motifs is 4. The Morgan fingerprint density at radius 2 is 1.78 bits per heavy atom. The lowest BCUT2D eigenvalue weighted by atomic mass is 9.82. The number of halogens is 1. The first-order valence-electron chi connectivity index (χ1n) is 20.5. The third-order valence-corrected chi connectivity index (χ3v) is 13.1. The number of anilines is 3. The molecule has 3 unspecified atom stereocenters. The lowest BCUT2D eigenvalue weighted by molar-refractivity contribution is -0.134. The molecule has 4 saturated heterocycles. The quantitative estimate of drug-likeness (QED) is 0.171. The maximum Gasteiger partial charge on any atom is 0.294 e. The van der Waals surface area contributed by atoms with Gasteiger partial charge >= 0.3 is 0 Å². The first kappa shape index (κ1) is 38.9. The van der Waals surface area contributed by atoms with E-state index in [0.717, 1.165) is 61.9 Å². The predicted octanol–water partition coefficient (Wildman–Crippen LogP) is 4.28. The van der Waals surface area contributed by atoms with Crippen molar-refractivity contribution in [1.82, 2.24) is 44.8 Å². The average Bonchev–Trinajstić information content (AvgIpc) is 3.68. The van der Waals surface area contributed by atoms with E-state index in [1.165, 1.54) is 30.0 Å². The van der Waals surface area contributed by atoms with Crippen molar-refractivity contribution in [2.45, 2.75) is 75.3 Å². The molecule has 4 fully saturated rings. The van der Waals surface area contributed by atoms with Crippen molar-refractivity contribution in [2.75, 3.05) is 43.5 Å². The Balaban J connectivity index is 0.833. The highest BCUT2D eigenvalue weighted by atomic mass is 35.5. The van der Waals surface area contributed by atoms with Gasteiger partial charge in [0, 0.05) is 70.1 Å². The van der Waals surface area contributed by atoms with Crippen molar-refractivity contribution < 1.29 is 19.1 Å². The summed E-state index contributed by atoms with van der Waals surface area (Å²) in [7, 11) is 5.09. The SMILES string of the molecule is CNC(=O)COc1cc2cc(Nc3nc(N4CCC(CN5C6CCC5CC(c5cccc7c(C8CCC(=O)NC8=O)nn(C)c57)C6)CC4)ncc3Cl)cnc2n(C)c1=O. The summed E-state index contributed by atoms with van der Waals surface area (Å²) in [5.74, 6) is 0.909. The van der Waals surface area contributed by atoms with E-state index in [9.17, 15) is 19.2 Å². The van der Waals surface area contributed by atoms with Gasteiger partial charge in [0.05, 0.1) is 35.2 Å². The summed E-state index contributed by atoms with van der Waals surface area (Å²) in [4.78, 5) is 68.1. The van der Waals surface area contributed by atoms with E-state index >= 15 is 0 Å². The summed E-state index contributed by atoms with van der Waals surface area (Å²) in [6.45, 7) is 2.52. The molecule has 0 aliphatic carbocycles. The molecule has 4 aromatic heterocycles. The number of carbonyl (C=O) groups excluding carboxylic acids is 3. The van der Waals surface area contributed by atoms with Gasteiger partial charge in [-0.1, -0.05) is 29.8 Å². The maximum absolute atomic E-state index is 12.8. The number of amides is 3. The number of pyridine rings is 2. The Kier molecular flexibility index (Phi) is 10.5. The minimum Gasteiger partial charge on any atom is -0.478 e. The number of imide groups is 1. The zero-order chi connectivity index (χ0) is 40.9. The second-order valence-electron chi connectivity index (χ2n) is 16.4. The van der Waals surface area contributed by atoms with Gasteiger partial charge in [0.25, 0.3) is 11.5 Å². The van der Waals surface area contributed by atoms with E-state index < -0.39 is 11.5 Å². The Morgan fingerprint density at radius 3 is 2.53 bits per heavy atom. The number of aryl methyl sites for hydroxylation is 2. The fraction of sp³-hybridized carbons (Fsp3) is 0.476. The number of hydrogen-bond donors (Lipinski definition) is 3. The molecule has 3 atom stereocenters. The Bertz CT molecular complexity index is 2520. The topological polar surface area (TPSA) is 181 Å². The average molecular weight is 822 g/mol. The van der Waals surface area contributed by atoms with E-state index in [0.29, 0.717) is 70.3 Å². The molecule has 0 spiro atoms. The van der Waals surface area contributed by atoms with Crippen molar-refractivity contribution in [3.05, 3.63) is 69.4 Å². The Morgan fingerprint density at radius 1 is 1.00 bits per heavy atom. The fourth-order valence-electron chi connectivity index (χ4n) is 9.82. The van der Waals surface area contributed by atoms with Gasteiger partial charge in [-0.3, -0.25) is 38.6 Å². The van der Waals surface area contributed by atoms with E-state index in [2.05, 4.69) is 53.9 Å². The van der Waals surface area contributed by atoms with Crippen molar-refractivity contribution in [1.29, 1.82) is 0 Å². The number of hydrogen-bond acceptors (Lipinski definition) is 12. The summed E-state index contributed by atoms with van der Waals surface area (Å²) < 4.78 is 8.83. The van der Waals surface area contributed by atoms with Crippen LogP contribution in [0.1, 0.15) is 74.5 Å². The second kappa shape index (κ2) is 15.9. The summed E-state index contributed by atoms with van der Waals surface area (Å²) in [5.41, 5.74) is 3.90. The normalized spacial score (nSPS) is 22.5. The standard InChI is InChI=1S/C42H48ClN11O5/c1-44-35(56)22-59-33-18-25-15-26(19-45-39(25)51(2)41(33)58)47-38-32(43)20-46-42(49-38)53-13-11-23(12-14-53)21-54-27-7-8-28(54)17-24(16-27)29-5-4-6-30-36(50-52(3)37(29)30)31-9-10-34(55)48-40(31)57/h4-6,15,18-20,23-24,27-28,31H,7-14,16-17,21-22H2,1-3H3,(H,44,56)(H,46,47,49)(H,48,55,57). The molecule has 1 aromatic carbocycles. The molecular formula is C42H48ClN11O5. The van der Waals surface area contributed by atoms with E-state index in [4.69, 9.17) is 26.4 Å². The Labute approximate surface area is 345 Å². The van der Waals surface area contributed by atoms with Gasteiger partial charge in [0.1, 0.15) is 10.7 Å². The van der Waals surface area contributed by atoms with E-state index in [1.54, 1.807) is 25.5 Å². The molecule has 5 aromatic rings.